The number of aryl methyl sites for hydroxylation is 1. The highest BCUT2D eigenvalue weighted by molar-refractivity contribution is 7.16. The first kappa shape index (κ1) is 14.3. The van der Waals surface area contributed by atoms with Gasteiger partial charge in [0.15, 0.2) is 0 Å². The smallest absolute Gasteiger partial charge is 0.303 e. The number of aromatic nitrogens is 2. The summed E-state index contributed by atoms with van der Waals surface area (Å²) in [4.78, 5) is 30.9. The van der Waals surface area contributed by atoms with Crippen LogP contribution in [0.2, 0.25) is 0 Å². The maximum Gasteiger partial charge on any atom is 0.303 e. The minimum absolute atomic E-state index is 0.0185. The first-order chi connectivity index (χ1) is 10.1. The van der Waals surface area contributed by atoms with Gasteiger partial charge in [-0.25, -0.2) is 4.98 Å². The van der Waals surface area contributed by atoms with Crippen molar-refractivity contribution in [3.05, 3.63) is 27.1 Å². The van der Waals surface area contributed by atoms with Crippen molar-refractivity contribution in [3.8, 4) is 0 Å². The van der Waals surface area contributed by atoms with E-state index < -0.39 is 5.97 Å². The van der Waals surface area contributed by atoms with Gasteiger partial charge in [-0.15, -0.1) is 11.3 Å². The van der Waals surface area contributed by atoms with Gasteiger partial charge >= 0.3 is 5.97 Å². The van der Waals surface area contributed by atoms with Crippen LogP contribution >= 0.6 is 11.3 Å². The number of carboxylic acid groups (broad SMARTS) is 1. The Bertz CT molecular complexity index is 713. The minimum Gasteiger partial charge on any atom is -0.481 e. The second kappa shape index (κ2) is 5.97. The molecule has 3 rings (SSSR count). The molecule has 0 aliphatic heterocycles. The molecule has 0 spiro atoms. The number of hydrogen-bond acceptors (Lipinski definition) is 4. The zero-order valence-electron chi connectivity index (χ0n) is 11.7. The van der Waals surface area contributed by atoms with Crippen LogP contribution in [0.5, 0.6) is 0 Å². The van der Waals surface area contributed by atoms with E-state index in [0.717, 1.165) is 23.2 Å². The topological polar surface area (TPSA) is 83.0 Å². The summed E-state index contributed by atoms with van der Waals surface area (Å²) < 4.78 is 0. The van der Waals surface area contributed by atoms with Crippen molar-refractivity contribution in [3.63, 3.8) is 0 Å². The molecule has 0 saturated heterocycles. The second-order valence-electron chi connectivity index (χ2n) is 5.61. The lowest BCUT2D eigenvalue weighted by molar-refractivity contribution is -0.137. The Kier molecular flexibility index (Phi) is 4.05. The van der Waals surface area contributed by atoms with Gasteiger partial charge in [0.2, 0.25) is 0 Å². The van der Waals surface area contributed by atoms with Crippen molar-refractivity contribution >= 4 is 27.5 Å². The number of nitrogens with zero attached hydrogens (tertiary/aromatic N) is 1. The largest absolute Gasteiger partial charge is 0.481 e. The Morgan fingerprint density at radius 2 is 2.14 bits per heavy atom. The second-order valence-corrected chi connectivity index (χ2v) is 6.47. The van der Waals surface area contributed by atoms with Crippen LogP contribution in [-0.4, -0.2) is 21.0 Å². The lowest BCUT2D eigenvalue weighted by atomic mass is 9.84. The maximum atomic E-state index is 12.3. The Morgan fingerprint density at radius 3 is 2.86 bits per heavy atom. The first-order valence-corrected chi connectivity index (χ1v) is 8.25. The molecule has 0 bridgehead atoms. The molecule has 0 amide bonds. The van der Waals surface area contributed by atoms with E-state index in [-0.39, 0.29) is 18.4 Å². The third kappa shape index (κ3) is 3.00. The molecule has 21 heavy (non-hydrogen) atoms. The first-order valence-electron chi connectivity index (χ1n) is 7.37. The summed E-state index contributed by atoms with van der Waals surface area (Å²) in [5, 5.41) is 11.5. The number of rotatable bonds is 4. The van der Waals surface area contributed by atoms with Gasteiger partial charge in [0, 0.05) is 6.42 Å². The number of carboxylic acids is 1. The predicted molar refractivity (Wildman–Crippen MR) is 82.0 cm³/mol. The van der Waals surface area contributed by atoms with Gasteiger partial charge in [0.1, 0.15) is 10.7 Å². The van der Waals surface area contributed by atoms with Crippen LogP contribution in [0.1, 0.15) is 55.8 Å². The molecule has 0 atom stereocenters. The van der Waals surface area contributed by atoms with Crippen molar-refractivity contribution in [2.45, 2.75) is 50.9 Å². The SMILES string of the molecule is O=C(O)CCc1nc2scc(C3CCCCC3)c2c(=O)[nH]1. The van der Waals surface area contributed by atoms with E-state index in [1.807, 2.05) is 0 Å². The summed E-state index contributed by atoms with van der Waals surface area (Å²) in [6, 6.07) is 0. The Balaban J connectivity index is 1.94. The zero-order chi connectivity index (χ0) is 14.8. The Morgan fingerprint density at radius 1 is 1.38 bits per heavy atom. The van der Waals surface area contributed by atoms with Crippen LogP contribution in [-0.2, 0) is 11.2 Å². The fourth-order valence-electron chi connectivity index (χ4n) is 3.07. The van der Waals surface area contributed by atoms with E-state index in [0.29, 0.717) is 17.1 Å². The van der Waals surface area contributed by atoms with Gasteiger partial charge in [0.25, 0.3) is 5.56 Å². The highest BCUT2D eigenvalue weighted by Crippen LogP contribution is 2.37. The van der Waals surface area contributed by atoms with E-state index in [4.69, 9.17) is 5.11 Å². The summed E-state index contributed by atoms with van der Waals surface area (Å²) in [6.45, 7) is 0. The lowest BCUT2D eigenvalue weighted by Gasteiger charge is -2.20. The summed E-state index contributed by atoms with van der Waals surface area (Å²) in [5.41, 5.74) is 1.01. The van der Waals surface area contributed by atoms with E-state index >= 15 is 0 Å². The van der Waals surface area contributed by atoms with E-state index in [1.165, 1.54) is 30.6 Å². The highest BCUT2D eigenvalue weighted by atomic mass is 32.1. The molecule has 112 valence electrons. The van der Waals surface area contributed by atoms with Crippen LogP contribution in [0, 0.1) is 0 Å². The molecule has 2 aromatic rings. The maximum absolute atomic E-state index is 12.3. The summed E-state index contributed by atoms with van der Waals surface area (Å²) in [5.74, 6) is 0.0547. The fraction of sp³-hybridized carbons (Fsp3) is 0.533. The van der Waals surface area contributed by atoms with Gasteiger partial charge in [-0.05, 0) is 29.7 Å². The number of thiophene rings is 1. The monoisotopic (exact) mass is 306 g/mol. The summed E-state index contributed by atoms with van der Waals surface area (Å²) in [7, 11) is 0. The van der Waals surface area contributed by atoms with E-state index in [9.17, 15) is 9.59 Å². The number of hydrogen-bond donors (Lipinski definition) is 2. The van der Waals surface area contributed by atoms with Crippen LogP contribution in [0.3, 0.4) is 0 Å². The average Bonchev–Trinajstić information content (AvgIpc) is 2.90. The fourth-order valence-corrected chi connectivity index (χ4v) is 4.11. The van der Waals surface area contributed by atoms with Gasteiger partial charge in [-0.2, -0.15) is 0 Å². The molecule has 6 heteroatoms. The van der Waals surface area contributed by atoms with Crippen LogP contribution in [0.4, 0.5) is 0 Å². The summed E-state index contributed by atoms with van der Waals surface area (Å²) in [6.07, 6.45) is 6.27. The van der Waals surface area contributed by atoms with Gasteiger partial charge in [-0.1, -0.05) is 19.3 Å². The highest BCUT2D eigenvalue weighted by Gasteiger charge is 2.21. The normalized spacial score (nSPS) is 16.4. The molecule has 1 saturated carbocycles. The molecule has 0 aromatic carbocycles. The van der Waals surface area contributed by atoms with Crippen LogP contribution in [0.25, 0.3) is 10.2 Å². The molecule has 0 unspecified atom stereocenters. The number of H-pyrrole nitrogens is 1. The molecule has 1 fully saturated rings. The quantitative estimate of drug-likeness (QED) is 0.909. The van der Waals surface area contributed by atoms with Crippen molar-refractivity contribution in [2.24, 2.45) is 0 Å². The van der Waals surface area contributed by atoms with Gasteiger partial charge in [-0.3, -0.25) is 9.59 Å². The van der Waals surface area contributed by atoms with Gasteiger partial charge < -0.3 is 10.1 Å². The zero-order valence-corrected chi connectivity index (χ0v) is 12.5. The van der Waals surface area contributed by atoms with Crippen molar-refractivity contribution in [1.82, 2.24) is 9.97 Å². The third-order valence-electron chi connectivity index (χ3n) is 4.14. The number of aliphatic carboxylic acids is 1. The number of fused-ring (bicyclic) bond motifs is 1. The number of nitrogens with one attached hydrogen (secondary N) is 1. The molecule has 0 radical (unpaired) electrons. The van der Waals surface area contributed by atoms with Crippen molar-refractivity contribution in [2.75, 3.05) is 0 Å². The Labute approximate surface area is 126 Å². The third-order valence-corrected chi connectivity index (χ3v) is 5.03. The molecular formula is C15H18N2O3S. The predicted octanol–water partition coefficient (Wildman–Crippen LogP) is 3.05. The molecule has 2 heterocycles. The van der Waals surface area contributed by atoms with Crippen LogP contribution in [0.15, 0.2) is 10.2 Å². The van der Waals surface area contributed by atoms with E-state index in [2.05, 4.69) is 15.3 Å². The van der Waals surface area contributed by atoms with Gasteiger partial charge in [0.05, 0.1) is 11.8 Å². The standard InChI is InChI=1S/C15H18N2O3S/c18-12(19)7-6-11-16-14(20)13-10(8-21-15(13)17-11)9-4-2-1-3-5-9/h8-9H,1-7H2,(H,18,19)(H,16,17,20). The molecule has 1 aliphatic rings. The lowest BCUT2D eigenvalue weighted by Crippen LogP contribution is -2.14. The van der Waals surface area contributed by atoms with Crippen molar-refractivity contribution in [1.29, 1.82) is 0 Å². The minimum atomic E-state index is -0.883. The summed E-state index contributed by atoms with van der Waals surface area (Å²) >= 11 is 1.49. The number of carbonyl (C=O) groups is 1. The Hall–Kier alpha value is -1.69. The molecule has 2 aromatic heterocycles. The van der Waals surface area contributed by atoms with Crippen molar-refractivity contribution < 1.29 is 9.90 Å². The molecular weight excluding hydrogens is 288 g/mol. The van der Waals surface area contributed by atoms with Crippen LogP contribution < -0.4 is 5.56 Å². The average molecular weight is 306 g/mol. The molecule has 1 aliphatic carbocycles. The molecule has 5 nitrogen and oxygen atoms in total. The van der Waals surface area contributed by atoms with E-state index in [1.54, 1.807) is 0 Å². The number of aromatic amines is 1. The molecule has 2 N–H and O–H groups in total.